The van der Waals surface area contributed by atoms with Gasteiger partial charge in [-0.25, -0.2) is 0 Å². The summed E-state index contributed by atoms with van der Waals surface area (Å²) < 4.78 is 5.70. The van der Waals surface area contributed by atoms with Crippen molar-refractivity contribution in [2.45, 2.75) is 25.0 Å². The van der Waals surface area contributed by atoms with Gasteiger partial charge in [-0.1, -0.05) is 24.1 Å². The van der Waals surface area contributed by atoms with E-state index in [1.165, 1.54) is 5.56 Å². The largest absolute Gasteiger partial charge is 0.399 e. The van der Waals surface area contributed by atoms with E-state index in [1.807, 2.05) is 18.2 Å². The molecular weight excluding hydrogens is 212 g/mol. The third-order valence-corrected chi connectivity index (χ3v) is 3.08. The standard InChI is InChI=1S/C14H18N2O/c1-2-12-10-17-13(9-16-12)8-7-11-5-3-4-6-14(11)15/h1,3-6,12-13,16H,7-10,15H2/t12-,13-/m1/s1. The van der Waals surface area contributed by atoms with Crippen LogP contribution in [0, 0.1) is 12.3 Å². The second-order valence-electron chi connectivity index (χ2n) is 4.32. The van der Waals surface area contributed by atoms with Crippen molar-refractivity contribution in [2.75, 3.05) is 18.9 Å². The fraction of sp³-hybridized carbons (Fsp3) is 0.429. The summed E-state index contributed by atoms with van der Waals surface area (Å²) in [5.74, 6) is 2.65. The highest BCUT2D eigenvalue weighted by Crippen LogP contribution is 2.15. The average molecular weight is 230 g/mol. The Hall–Kier alpha value is -1.50. The number of terminal acetylenes is 1. The van der Waals surface area contributed by atoms with Crippen LogP contribution in [0.1, 0.15) is 12.0 Å². The molecule has 0 bridgehead atoms. The van der Waals surface area contributed by atoms with E-state index in [2.05, 4.69) is 17.3 Å². The van der Waals surface area contributed by atoms with Gasteiger partial charge in [0.1, 0.15) is 0 Å². The monoisotopic (exact) mass is 230 g/mol. The second-order valence-corrected chi connectivity index (χ2v) is 4.32. The second kappa shape index (κ2) is 5.72. The van der Waals surface area contributed by atoms with Gasteiger partial charge in [-0.2, -0.15) is 0 Å². The molecule has 90 valence electrons. The van der Waals surface area contributed by atoms with Gasteiger partial charge in [-0.15, -0.1) is 6.42 Å². The highest BCUT2D eigenvalue weighted by atomic mass is 16.5. The highest BCUT2D eigenvalue weighted by molar-refractivity contribution is 5.46. The molecule has 1 heterocycles. The van der Waals surface area contributed by atoms with Crippen molar-refractivity contribution in [2.24, 2.45) is 0 Å². The summed E-state index contributed by atoms with van der Waals surface area (Å²) in [6.45, 7) is 1.42. The van der Waals surface area contributed by atoms with Crippen molar-refractivity contribution >= 4 is 5.69 Å². The minimum Gasteiger partial charge on any atom is -0.399 e. The summed E-state index contributed by atoms with van der Waals surface area (Å²) >= 11 is 0. The number of nitrogen functional groups attached to an aromatic ring is 1. The zero-order valence-electron chi connectivity index (χ0n) is 9.86. The Morgan fingerprint density at radius 1 is 1.47 bits per heavy atom. The number of para-hydroxylation sites is 1. The summed E-state index contributed by atoms with van der Waals surface area (Å²) in [4.78, 5) is 0. The van der Waals surface area contributed by atoms with E-state index in [4.69, 9.17) is 16.9 Å². The Balaban J connectivity index is 1.80. The Morgan fingerprint density at radius 3 is 2.94 bits per heavy atom. The maximum absolute atomic E-state index is 5.90. The molecule has 2 rings (SSSR count). The molecule has 1 aliphatic rings. The average Bonchev–Trinajstić information content (AvgIpc) is 2.38. The number of aryl methyl sites for hydroxylation is 1. The lowest BCUT2D eigenvalue weighted by Crippen LogP contribution is -2.45. The van der Waals surface area contributed by atoms with Crippen LogP contribution in [0.5, 0.6) is 0 Å². The molecule has 1 aromatic carbocycles. The van der Waals surface area contributed by atoms with Crippen LogP contribution in [0.2, 0.25) is 0 Å². The van der Waals surface area contributed by atoms with Gasteiger partial charge in [0.25, 0.3) is 0 Å². The molecule has 3 N–H and O–H groups in total. The van der Waals surface area contributed by atoms with Crippen LogP contribution in [-0.2, 0) is 11.2 Å². The summed E-state index contributed by atoms with van der Waals surface area (Å²) in [5, 5.41) is 3.28. The fourth-order valence-electron chi connectivity index (χ4n) is 1.99. The first-order valence-corrected chi connectivity index (χ1v) is 5.94. The smallest absolute Gasteiger partial charge is 0.0925 e. The van der Waals surface area contributed by atoms with Crippen molar-refractivity contribution in [3.05, 3.63) is 29.8 Å². The third-order valence-electron chi connectivity index (χ3n) is 3.08. The number of hydrogen-bond acceptors (Lipinski definition) is 3. The van der Waals surface area contributed by atoms with Gasteiger partial charge in [-0.05, 0) is 24.5 Å². The Morgan fingerprint density at radius 2 is 2.29 bits per heavy atom. The molecule has 0 amide bonds. The number of rotatable bonds is 3. The van der Waals surface area contributed by atoms with Crippen molar-refractivity contribution in [1.29, 1.82) is 0 Å². The zero-order valence-corrected chi connectivity index (χ0v) is 9.86. The minimum atomic E-state index is 0.0630. The normalized spacial score (nSPS) is 24.2. The summed E-state index contributed by atoms with van der Waals surface area (Å²) in [7, 11) is 0. The van der Waals surface area contributed by atoms with E-state index in [0.29, 0.717) is 6.61 Å². The lowest BCUT2D eigenvalue weighted by molar-refractivity contribution is 0.0114. The van der Waals surface area contributed by atoms with E-state index in [1.54, 1.807) is 0 Å². The zero-order chi connectivity index (χ0) is 12.1. The summed E-state index contributed by atoms with van der Waals surface area (Å²) in [6, 6.07) is 8.03. The SMILES string of the molecule is C#C[C@@H]1CO[C@H](CCc2ccccc2N)CN1. The number of benzene rings is 1. The topological polar surface area (TPSA) is 47.3 Å². The van der Waals surface area contributed by atoms with Gasteiger partial charge < -0.3 is 10.5 Å². The number of nitrogens with two attached hydrogens (primary N) is 1. The van der Waals surface area contributed by atoms with Crippen LogP contribution >= 0.6 is 0 Å². The molecule has 0 spiro atoms. The van der Waals surface area contributed by atoms with Crippen LogP contribution < -0.4 is 11.1 Å². The molecule has 1 aromatic rings. The van der Waals surface area contributed by atoms with Crippen LogP contribution in [0.3, 0.4) is 0 Å². The van der Waals surface area contributed by atoms with Crippen molar-refractivity contribution in [3.8, 4) is 12.3 Å². The van der Waals surface area contributed by atoms with Crippen molar-refractivity contribution in [3.63, 3.8) is 0 Å². The molecule has 1 aliphatic heterocycles. The van der Waals surface area contributed by atoms with Crippen LogP contribution in [0.4, 0.5) is 5.69 Å². The molecule has 1 fully saturated rings. The first-order chi connectivity index (χ1) is 8.29. The molecule has 0 aliphatic carbocycles. The molecule has 0 radical (unpaired) electrons. The molecule has 3 nitrogen and oxygen atoms in total. The molecule has 1 saturated heterocycles. The summed E-state index contributed by atoms with van der Waals surface area (Å²) in [6.07, 6.45) is 7.47. The van der Waals surface area contributed by atoms with Crippen LogP contribution in [0.15, 0.2) is 24.3 Å². The predicted molar refractivity (Wildman–Crippen MR) is 69.5 cm³/mol. The molecular formula is C14H18N2O. The Labute approximate surface area is 102 Å². The molecule has 0 unspecified atom stereocenters. The van der Waals surface area contributed by atoms with E-state index < -0.39 is 0 Å². The van der Waals surface area contributed by atoms with Crippen LogP contribution in [-0.4, -0.2) is 25.3 Å². The minimum absolute atomic E-state index is 0.0630. The van der Waals surface area contributed by atoms with E-state index >= 15 is 0 Å². The van der Waals surface area contributed by atoms with Crippen molar-refractivity contribution < 1.29 is 4.74 Å². The highest BCUT2D eigenvalue weighted by Gasteiger charge is 2.19. The van der Waals surface area contributed by atoms with E-state index in [-0.39, 0.29) is 12.1 Å². The Bertz CT molecular complexity index is 403. The molecule has 0 aromatic heterocycles. The van der Waals surface area contributed by atoms with Crippen LogP contribution in [0.25, 0.3) is 0 Å². The fourth-order valence-corrected chi connectivity index (χ4v) is 1.99. The Kier molecular flexibility index (Phi) is 4.03. The maximum Gasteiger partial charge on any atom is 0.0925 e. The van der Waals surface area contributed by atoms with Crippen molar-refractivity contribution in [1.82, 2.24) is 5.32 Å². The number of morpholine rings is 1. The molecule has 2 atom stereocenters. The number of nitrogens with one attached hydrogen (secondary N) is 1. The van der Waals surface area contributed by atoms with Gasteiger partial charge >= 0.3 is 0 Å². The van der Waals surface area contributed by atoms with Gasteiger partial charge in [0.15, 0.2) is 0 Å². The quantitative estimate of drug-likeness (QED) is 0.606. The summed E-state index contributed by atoms with van der Waals surface area (Å²) in [5.41, 5.74) is 7.95. The van der Waals surface area contributed by atoms with Gasteiger partial charge in [0, 0.05) is 12.2 Å². The first-order valence-electron chi connectivity index (χ1n) is 5.94. The predicted octanol–water partition coefficient (Wildman–Crippen LogP) is 1.19. The molecule has 17 heavy (non-hydrogen) atoms. The molecule has 3 heteroatoms. The maximum atomic E-state index is 5.90. The lowest BCUT2D eigenvalue weighted by atomic mass is 10.0. The van der Waals surface area contributed by atoms with Gasteiger partial charge in [-0.3, -0.25) is 5.32 Å². The number of hydrogen-bond donors (Lipinski definition) is 2. The molecule has 0 saturated carbocycles. The number of anilines is 1. The van der Waals surface area contributed by atoms with Gasteiger partial charge in [0.05, 0.1) is 18.8 Å². The third kappa shape index (κ3) is 3.23. The number of ether oxygens (including phenoxy) is 1. The van der Waals surface area contributed by atoms with E-state index in [9.17, 15) is 0 Å². The lowest BCUT2D eigenvalue weighted by Gasteiger charge is -2.27. The van der Waals surface area contributed by atoms with Gasteiger partial charge in [0.2, 0.25) is 0 Å². The van der Waals surface area contributed by atoms with E-state index in [0.717, 1.165) is 25.1 Å². The first kappa shape index (κ1) is 12.0.